The molecule has 6 nitrogen and oxygen atoms in total. The molecule has 0 aromatic rings. The lowest BCUT2D eigenvalue weighted by molar-refractivity contribution is 0.409. The molecule has 0 fully saturated rings. The predicted octanol–water partition coefficient (Wildman–Crippen LogP) is 2.41. The molecule has 0 amide bonds. The van der Waals surface area contributed by atoms with E-state index in [1.54, 1.807) is 0 Å². The Morgan fingerprint density at radius 3 is 3.15 bits per heavy atom. The van der Waals surface area contributed by atoms with Crippen LogP contribution in [0.5, 0.6) is 0 Å². The Hall–Kier alpha value is -1.81. The monoisotopic (exact) mass is 180 g/mol. The highest BCUT2D eigenvalue weighted by Gasteiger charge is 2.14. The number of nitrogens with zero attached hydrogens (tertiary/aromatic N) is 4. The van der Waals surface area contributed by atoms with E-state index in [1.807, 2.05) is 0 Å². The normalized spacial score (nSPS) is 21.1. The van der Waals surface area contributed by atoms with Crippen LogP contribution in [0.1, 0.15) is 6.42 Å². The third kappa shape index (κ3) is 2.31. The van der Waals surface area contributed by atoms with Gasteiger partial charge in [0.1, 0.15) is 11.5 Å². The SMILES string of the molecule is [N-]=[N+]=NCC1C=C(N=O)C(O)=CC1. The highest BCUT2D eigenvalue weighted by molar-refractivity contribution is 5.28. The van der Waals surface area contributed by atoms with Crippen molar-refractivity contribution in [3.05, 3.63) is 39.0 Å². The molecule has 0 saturated carbocycles. The van der Waals surface area contributed by atoms with Crippen LogP contribution in [-0.2, 0) is 0 Å². The summed E-state index contributed by atoms with van der Waals surface area (Å²) < 4.78 is 0. The minimum Gasteiger partial charge on any atom is -0.506 e. The van der Waals surface area contributed by atoms with Crippen molar-refractivity contribution in [1.29, 1.82) is 0 Å². The number of rotatable bonds is 3. The fourth-order valence-electron chi connectivity index (χ4n) is 1.09. The van der Waals surface area contributed by atoms with E-state index in [4.69, 9.17) is 10.6 Å². The molecule has 0 aliphatic heterocycles. The fourth-order valence-corrected chi connectivity index (χ4v) is 1.09. The molecule has 1 N–H and O–H groups in total. The predicted molar refractivity (Wildman–Crippen MR) is 46.7 cm³/mol. The average Bonchev–Trinajstić information content (AvgIpc) is 2.16. The molecule has 68 valence electrons. The zero-order chi connectivity index (χ0) is 9.68. The first kappa shape index (κ1) is 9.28. The quantitative estimate of drug-likeness (QED) is 0.312. The molecule has 0 aromatic heterocycles. The minimum atomic E-state index is -0.104. The van der Waals surface area contributed by atoms with Gasteiger partial charge in [0.15, 0.2) is 0 Å². The summed E-state index contributed by atoms with van der Waals surface area (Å²) in [5.41, 5.74) is 8.08. The summed E-state index contributed by atoms with van der Waals surface area (Å²) >= 11 is 0. The molecule has 1 aliphatic rings. The maximum atomic E-state index is 10.2. The van der Waals surface area contributed by atoms with Gasteiger partial charge in [0.25, 0.3) is 0 Å². The number of aliphatic hydroxyl groups excluding tert-OH is 1. The zero-order valence-corrected chi connectivity index (χ0v) is 6.79. The van der Waals surface area contributed by atoms with Gasteiger partial charge >= 0.3 is 0 Å². The Morgan fingerprint density at radius 1 is 1.77 bits per heavy atom. The van der Waals surface area contributed by atoms with Crippen LogP contribution in [0.15, 0.2) is 33.9 Å². The summed E-state index contributed by atoms with van der Waals surface area (Å²) in [6.07, 6.45) is 3.56. The van der Waals surface area contributed by atoms with E-state index in [0.29, 0.717) is 6.42 Å². The lowest BCUT2D eigenvalue weighted by atomic mass is 9.99. The highest BCUT2D eigenvalue weighted by Crippen LogP contribution is 2.22. The second kappa shape index (κ2) is 4.27. The third-order valence-electron chi connectivity index (χ3n) is 1.75. The van der Waals surface area contributed by atoms with E-state index in [1.165, 1.54) is 12.2 Å². The van der Waals surface area contributed by atoms with Crippen LogP contribution < -0.4 is 0 Å². The number of hydrogen-bond acceptors (Lipinski definition) is 4. The Kier molecular flexibility index (Phi) is 3.05. The second-order valence-corrected chi connectivity index (χ2v) is 2.64. The largest absolute Gasteiger partial charge is 0.506 e. The lowest BCUT2D eigenvalue weighted by Gasteiger charge is -2.12. The van der Waals surface area contributed by atoms with E-state index in [9.17, 15) is 4.91 Å². The zero-order valence-electron chi connectivity index (χ0n) is 6.79. The number of azide groups is 1. The van der Waals surface area contributed by atoms with Crippen molar-refractivity contribution in [2.24, 2.45) is 16.2 Å². The molecular weight excluding hydrogens is 172 g/mol. The van der Waals surface area contributed by atoms with Gasteiger partial charge in [-0.3, -0.25) is 0 Å². The summed E-state index contributed by atoms with van der Waals surface area (Å²) in [7, 11) is 0. The van der Waals surface area contributed by atoms with Gasteiger partial charge in [0, 0.05) is 11.5 Å². The van der Waals surface area contributed by atoms with Gasteiger partial charge in [-0.25, -0.2) is 0 Å². The molecule has 0 bridgehead atoms. The molecule has 1 aliphatic carbocycles. The molecule has 0 radical (unpaired) electrons. The molecule has 1 rings (SSSR count). The van der Waals surface area contributed by atoms with Gasteiger partial charge < -0.3 is 5.11 Å². The Morgan fingerprint density at radius 2 is 2.54 bits per heavy atom. The van der Waals surface area contributed by atoms with Crippen LogP contribution >= 0.6 is 0 Å². The molecule has 1 atom stereocenters. The maximum absolute atomic E-state index is 10.2. The minimum absolute atomic E-state index is 0.0180. The van der Waals surface area contributed by atoms with Crippen molar-refractivity contribution in [3.63, 3.8) is 0 Å². The van der Waals surface area contributed by atoms with E-state index < -0.39 is 0 Å². The molecule has 0 spiro atoms. The fraction of sp³-hybridized carbons (Fsp3) is 0.429. The molecule has 0 heterocycles. The molecular formula is C7H8N4O2. The van der Waals surface area contributed by atoms with Crippen molar-refractivity contribution in [1.82, 2.24) is 0 Å². The first-order chi connectivity index (χ1) is 6.27. The van der Waals surface area contributed by atoms with Crippen molar-refractivity contribution in [2.75, 3.05) is 6.54 Å². The van der Waals surface area contributed by atoms with Crippen LogP contribution in [-0.4, -0.2) is 11.7 Å². The topological polar surface area (TPSA) is 98.4 Å². The Labute approximate surface area is 74.2 Å². The molecule has 0 saturated heterocycles. The number of aliphatic hydroxyl groups is 1. The van der Waals surface area contributed by atoms with E-state index >= 15 is 0 Å². The number of nitroso groups, excluding NO2 is 1. The summed E-state index contributed by atoms with van der Waals surface area (Å²) in [5.74, 6) is -0.147. The van der Waals surface area contributed by atoms with Gasteiger partial charge in [-0.1, -0.05) is 5.11 Å². The molecule has 6 heteroatoms. The maximum Gasteiger partial charge on any atom is 0.145 e. The van der Waals surface area contributed by atoms with Crippen LogP contribution in [0.25, 0.3) is 10.4 Å². The standard InChI is InChI=1S/C7H8N4O2/c8-11-9-4-5-1-2-7(12)6(3-5)10-13/h2-3,5,12H,1,4H2. The van der Waals surface area contributed by atoms with E-state index in [2.05, 4.69) is 15.2 Å². The van der Waals surface area contributed by atoms with Crippen molar-refractivity contribution < 1.29 is 5.11 Å². The van der Waals surface area contributed by atoms with Crippen LogP contribution in [0.2, 0.25) is 0 Å². The molecule has 1 unspecified atom stereocenters. The lowest BCUT2D eigenvalue weighted by Crippen LogP contribution is -2.06. The summed E-state index contributed by atoms with van der Waals surface area (Å²) in [4.78, 5) is 12.8. The smallest absolute Gasteiger partial charge is 0.145 e. The summed E-state index contributed by atoms with van der Waals surface area (Å²) in [6, 6.07) is 0. The number of allylic oxidation sites excluding steroid dienone is 1. The van der Waals surface area contributed by atoms with Gasteiger partial charge in [0.2, 0.25) is 0 Å². The first-order valence-electron chi connectivity index (χ1n) is 3.73. The van der Waals surface area contributed by atoms with Gasteiger partial charge in [-0.15, -0.1) is 4.91 Å². The summed E-state index contributed by atoms with van der Waals surface area (Å²) in [6.45, 7) is 0.277. The van der Waals surface area contributed by atoms with Crippen molar-refractivity contribution >= 4 is 0 Å². The van der Waals surface area contributed by atoms with Crippen molar-refractivity contribution in [3.8, 4) is 0 Å². The summed E-state index contributed by atoms with van der Waals surface area (Å²) in [5, 5.41) is 15.1. The van der Waals surface area contributed by atoms with Crippen LogP contribution in [0.4, 0.5) is 0 Å². The first-order valence-corrected chi connectivity index (χ1v) is 3.73. The van der Waals surface area contributed by atoms with Gasteiger partial charge in [0.05, 0.1) is 0 Å². The molecule has 13 heavy (non-hydrogen) atoms. The number of hydrogen-bond donors (Lipinski definition) is 1. The Bertz CT molecular complexity index is 314. The average molecular weight is 180 g/mol. The van der Waals surface area contributed by atoms with Gasteiger partial charge in [-0.05, 0) is 35.2 Å². The highest BCUT2D eigenvalue weighted by atomic mass is 16.3. The van der Waals surface area contributed by atoms with Crippen LogP contribution in [0.3, 0.4) is 0 Å². The van der Waals surface area contributed by atoms with Crippen LogP contribution in [0, 0.1) is 10.8 Å². The van der Waals surface area contributed by atoms with Gasteiger partial charge in [-0.2, -0.15) is 0 Å². The Balaban J connectivity index is 2.70. The van der Waals surface area contributed by atoms with E-state index in [0.717, 1.165) is 0 Å². The third-order valence-corrected chi connectivity index (χ3v) is 1.75. The van der Waals surface area contributed by atoms with Crippen molar-refractivity contribution in [2.45, 2.75) is 6.42 Å². The van der Waals surface area contributed by atoms with E-state index in [-0.39, 0.29) is 23.9 Å². The second-order valence-electron chi connectivity index (χ2n) is 2.64. The molecule has 0 aromatic carbocycles.